The molecular weight excluding hydrogens is 1510 g/mol. The van der Waals surface area contributed by atoms with Crippen LogP contribution in [0, 0.1) is 0 Å². The molecule has 18 aromatic rings. The van der Waals surface area contributed by atoms with Crippen LogP contribution in [0.5, 0.6) is 0 Å². The van der Waals surface area contributed by atoms with Gasteiger partial charge in [0.25, 0.3) is 6.71 Å². The molecule has 4 heterocycles. The van der Waals surface area contributed by atoms with Crippen LogP contribution in [0.15, 0.2) is 346 Å². The second kappa shape index (κ2) is 29.8. The normalized spacial score (nSPS) is 14.4. The van der Waals surface area contributed by atoms with Gasteiger partial charge in [-0.2, -0.15) is 0 Å². The Kier molecular flexibility index (Phi) is 16.3. The van der Waals surface area contributed by atoms with Crippen molar-refractivity contribution in [3.63, 3.8) is 0 Å². The highest BCUT2D eigenvalue weighted by Gasteiger charge is 2.47. The van der Waals surface area contributed by atoms with Crippen LogP contribution in [0.2, 0.25) is 0 Å². The van der Waals surface area contributed by atoms with Gasteiger partial charge in [0.2, 0.25) is 0 Å². The van der Waals surface area contributed by atoms with Gasteiger partial charge in [0.1, 0.15) is 0 Å². The molecule has 0 amide bonds. The van der Waals surface area contributed by atoms with Gasteiger partial charge in [-0.25, -0.2) is 0 Å². The van der Waals surface area contributed by atoms with E-state index in [-0.39, 0.29) is 93.8 Å². The quantitative estimate of drug-likeness (QED) is 0.120. The van der Waals surface area contributed by atoms with Crippen LogP contribution in [0.1, 0.15) is 173 Å². The average molecular weight is 1630 g/mol. The summed E-state index contributed by atoms with van der Waals surface area (Å²) in [6.45, 7) is 36.6. The molecule has 0 N–H and O–H groups in total. The smallest absolute Gasteiger partial charge is 0.252 e. The van der Waals surface area contributed by atoms with Gasteiger partial charge in [0.15, 0.2) is 0 Å². The molecule has 614 valence electrons. The zero-order chi connectivity index (χ0) is 96.3. The van der Waals surface area contributed by atoms with Gasteiger partial charge < -0.3 is 18.9 Å². The van der Waals surface area contributed by atoms with Crippen molar-refractivity contribution < 1.29 is 15.1 Å². The van der Waals surface area contributed by atoms with E-state index in [1.165, 1.54) is 0 Å². The first kappa shape index (κ1) is 68.2. The summed E-state index contributed by atoms with van der Waals surface area (Å²) in [5.41, 5.74) is 22.8. The number of nitrogens with zero attached hydrogens (tertiary/aromatic N) is 4. The summed E-state index contributed by atoms with van der Waals surface area (Å²) in [7, 11) is 0. The number of fused-ring (bicyclic) bond motifs is 10. The lowest BCUT2D eigenvalue weighted by molar-refractivity contribution is 0.590. The number of hydrogen-bond donors (Lipinski definition) is 0. The summed E-state index contributed by atoms with van der Waals surface area (Å²) in [5.74, 6) is 0. The molecule has 0 saturated carbocycles. The molecule has 2 aliphatic heterocycles. The summed E-state index contributed by atoms with van der Waals surface area (Å²) >= 11 is 0. The predicted molar refractivity (Wildman–Crippen MR) is 539 cm³/mol. The Morgan fingerprint density at radius 3 is 0.832 bits per heavy atom. The van der Waals surface area contributed by atoms with Crippen LogP contribution in [0.3, 0.4) is 0 Å². The van der Waals surface area contributed by atoms with Crippen LogP contribution in [0.4, 0.5) is 34.1 Å². The summed E-state index contributed by atoms with van der Waals surface area (Å²) in [6.07, 6.45) is 0. The molecule has 0 aliphatic carbocycles. The Bertz CT molecular complexity index is 7730. The fourth-order valence-electron chi connectivity index (χ4n) is 18.5. The average Bonchev–Trinajstić information content (AvgIpc) is 1.22. The van der Waals surface area contributed by atoms with Gasteiger partial charge in [-0.1, -0.05) is 361 Å². The third kappa shape index (κ3) is 14.1. The SMILES string of the molecule is [2H]c1c(C(C)(C)C)c([2H])c2c3c([2H])c(C(C)(C)C)cc([2H])c3n(-c3ccc4c(c3)N(c3c(-c5ccccc5)cc(-c5ccccc5)cc3-c3ccccc3)c3cc(C(C)(C)C)cc5c3B4c3ccc(-n4c6c([2H])c([2H])c(C(C)(C)C)c([2H])c6c6c([2H])c(C(C)(C)C)c([2H])c([2H])c64)cc3N5c3c(-c4ccc(-c5ccccc5)cc4)cc(C(C)(C)C)cc3-c3ccc(-c4ccccc4)cc3)c2c1[2H]. The molecule has 0 unspecified atom stereocenters. The molecule has 0 radical (unpaired) electrons. The molecule has 2 aromatic heterocycles. The molecule has 0 spiro atoms. The van der Waals surface area contributed by atoms with Crippen LogP contribution in [0.25, 0.3) is 133 Å². The Labute approximate surface area is 755 Å². The molecule has 20 rings (SSSR count). The molecule has 125 heavy (non-hydrogen) atoms. The fraction of sp³-hybridized carbons (Fsp3) is 0.200. The van der Waals surface area contributed by atoms with Crippen LogP contribution in [-0.2, 0) is 32.5 Å². The Morgan fingerprint density at radius 2 is 0.496 bits per heavy atom. The molecule has 0 atom stereocenters. The summed E-state index contributed by atoms with van der Waals surface area (Å²) < 4.78 is 119. The number of anilines is 6. The van der Waals surface area contributed by atoms with Gasteiger partial charge in [-0.3, -0.25) is 0 Å². The Morgan fingerprint density at radius 1 is 0.224 bits per heavy atom. The lowest BCUT2D eigenvalue weighted by Crippen LogP contribution is -2.61. The van der Waals surface area contributed by atoms with Crippen molar-refractivity contribution in [1.82, 2.24) is 9.13 Å². The third-order valence-electron chi connectivity index (χ3n) is 25.5. The Hall–Kier alpha value is -13.2. The summed E-state index contributed by atoms with van der Waals surface area (Å²) in [4.78, 5) is 4.97. The van der Waals surface area contributed by atoms with Gasteiger partial charge in [0.05, 0.1) is 48.5 Å². The first-order valence-electron chi connectivity index (χ1n) is 49.5. The van der Waals surface area contributed by atoms with E-state index in [1.807, 2.05) is 116 Å². The Balaban J connectivity index is 1.01. The maximum atomic E-state index is 10.6. The molecular formula is C120H111BN4. The van der Waals surface area contributed by atoms with E-state index in [2.05, 4.69) is 300 Å². The summed E-state index contributed by atoms with van der Waals surface area (Å²) in [5, 5.41) is 1.24. The maximum Gasteiger partial charge on any atom is 0.252 e. The standard InChI is InChI=1S/C120H111BN4/c1-115(2,3)86-52-60-104-98(66-86)99-67-87(116(4,5)6)53-61-105(99)122(104)92-56-58-102-108(74-92)124(113-94(81-40-30-22-31-41-81)64-85(78-38-28-21-29-39-78)65-95(113)82-42-32-23-33-43-82)110-72-91(120(16,17)18)73-111-112(110)121(102)103-59-57-93(123-106-62-54-88(117(7,8)9)68-100(106)101-69-89(118(10,11)12)55-63-107(101)123)75-109(103)125(111)114-96(83-48-44-79(45-49-83)76-34-24-19-25-35-76)70-90(119(13,14)15)71-97(114)84-50-46-80(47-51-84)77-36-26-20-27-37-77/h19-75H,1-18H3/i52D,54D,55D,60D,61D,62D,63D,66D,67D,68D,69D. The highest BCUT2D eigenvalue weighted by molar-refractivity contribution is 7.00. The van der Waals surface area contributed by atoms with Crippen molar-refractivity contribution in [1.29, 1.82) is 0 Å². The first-order chi connectivity index (χ1) is 64.4. The predicted octanol–water partition coefficient (Wildman–Crippen LogP) is 31.4. The minimum atomic E-state index is -0.815. The van der Waals surface area contributed by atoms with Gasteiger partial charge in [-0.15, -0.1) is 0 Å². The summed E-state index contributed by atoms with van der Waals surface area (Å²) in [6, 6.07) is 98.8. The van der Waals surface area contributed by atoms with E-state index in [0.717, 1.165) is 134 Å². The molecule has 0 saturated heterocycles. The molecule has 0 bridgehead atoms. The maximum absolute atomic E-state index is 10.6. The number of rotatable bonds is 11. The highest BCUT2D eigenvalue weighted by Crippen LogP contribution is 2.57. The van der Waals surface area contributed by atoms with Crippen LogP contribution in [-0.4, -0.2) is 15.8 Å². The highest BCUT2D eigenvalue weighted by atomic mass is 15.2. The number of hydrogen-bond acceptors (Lipinski definition) is 2. The minimum absolute atomic E-state index is 0.00918. The van der Waals surface area contributed by atoms with E-state index in [0.29, 0.717) is 55.6 Å². The lowest BCUT2D eigenvalue weighted by atomic mass is 9.33. The van der Waals surface area contributed by atoms with Gasteiger partial charge in [-0.05, 0) is 247 Å². The second-order valence-corrected chi connectivity index (χ2v) is 40.5. The van der Waals surface area contributed by atoms with Crippen molar-refractivity contribution in [3.8, 4) is 89.3 Å². The monoisotopic (exact) mass is 1630 g/mol. The number of benzene rings is 16. The molecule has 2 aliphatic rings. The van der Waals surface area contributed by atoms with Crippen molar-refractivity contribution in [2.24, 2.45) is 0 Å². The second-order valence-electron chi connectivity index (χ2n) is 40.5. The fourth-order valence-corrected chi connectivity index (χ4v) is 18.5. The van der Waals surface area contributed by atoms with Gasteiger partial charge >= 0.3 is 0 Å². The van der Waals surface area contributed by atoms with Crippen LogP contribution >= 0.6 is 0 Å². The largest absolute Gasteiger partial charge is 0.310 e. The van der Waals surface area contributed by atoms with Crippen LogP contribution < -0.4 is 26.2 Å². The third-order valence-corrected chi connectivity index (χ3v) is 25.5. The van der Waals surface area contributed by atoms with Crippen molar-refractivity contribution in [3.05, 3.63) is 379 Å². The van der Waals surface area contributed by atoms with E-state index >= 15 is 0 Å². The van der Waals surface area contributed by atoms with E-state index < -0.39 is 39.2 Å². The minimum Gasteiger partial charge on any atom is -0.310 e. The van der Waals surface area contributed by atoms with Gasteiger partial charge in [0, 0.05) is 77.9 Å². The first-order valence-corrected chi connectivity index (χ1v) is 44.0. The zero-order valence-electron chi connectivity index (χ0n) is 85.9. The van der Waals surface area contributed by atoms with Crippen molar-refractivity contribution in [2.75, 3.05) is 9.80 Å². The lowest BCUT2D eigenvalue weighted by Gasteiger charge is -2.46. The molecule has 4 nitrogen and oxygen atoms in total. The molecule has 16 aromatic carbocycles. The molecule has 5 heteroatoms. The molecule has 0 fully saturated rings. The van der Waals surface area contributed by atoms with E-state index in [1.54, 1.807) is 6.07 Å². The van der Waals surface area contributed by atoms with Crippen molar-refractivity contribution >= 4 is 101 Å². The van der Waals surface area contributed by atoms with Crippen molar-refractivity contribution in [2.45, 2.75) is 157 Å². The number of aromatic nitrogens is 2. The van der Waals surface area contributed by atoms with E-state index in [4.69, 9.17) is 0 Å². The zero-order valence-corrected chi connectivity index (χ0v) is 74.9. The van der Waals surface area contributed by atoms with E-state index in [9.17, 15) is 15.1 Å². The topological polar surface area (TPSA) is 16.3 Å².